The van der Waals surface area contributed by atoms with E-state index in [9.17, 15) is 4.79 Å². The van der Waals surface area contributed by atoms with Crippen molar-refractivity contribution in [1.82, 2.24) is 4.90 Å². The minimum absolute atomic E-state index is 0.00625. The van der Waals surface area contributed by atoms with Crippen LogP contribution in [0.3, 0.4) is 0 Å². The Morgan fingerprint density at radius 1 is 1.33 bits per heavy atom. The van der Waals surface area contributed by atoms with E-state index in [1.165, 1.54) is 5.56 Å². The zero-order chi connectivity index (χ0) is 14.8. The molecule has 2 aliphatic heterocycles. The molecule has 112 valence electrons. The first-order valence-corrected chi connectivity index (χ1v) is 7.74. The summed E-state index contributed by atoms with van der Waals surface area (Å²) < 4.78 is 11.0. The van der Waals surface area contributed by atoms with Crippen LogP contribution in [0.25, 0.3) is 0 Å². The summed E-state index contributed by atoms with van der Waals surface area (Å²) in [5.74, 6) is -0.305. The first-order chi connectivity index (χ1) is 10.2. The Morgan fingerprint density at radius 3 is 2.67 bits per heavy atom. The van der Waals surface area contributed by atoms with Crippen molar-refractivity contribution in [3.8, 4) is 0 Å². The number of carbonyl (C=O) groups is 1. The van der Waals surface area contributed by atoms with E-state index in [1.54, 1.807) is 4.90 Å². The van der Waals surface area contributed by atoms with Crippen LogP contribution in [0, 0.1) is 6.92 Å². The summed E-state index contributed by atoms with van der Waals surface area (Å²) in [4.78, 5) is 14.5. The number of thiocarbonyl (C=S) groups is 1. The smallest absolute Gasteiger partial charge is 0.266 e. The third-order valence-corrected chi connectivity index (χ3v) is 4.40. The molecule has 21 heavy (non-hydrogen) atoms. The number of rotatable bonds is 3. The lowest BCUT2D eigenvalue weighted by atomic mass is 9.90. The maximum atomic E-state index is 12.9. The molecule has 4 nitrogen and oxygen atoms in total. The molecule has 2 fully saturated rings. The van der Waals surface area contributed by atoms with Gasteiger partial charge in [-0.15, -0.1) is 0 Å². The maximum Gasteiger partial charge on any atom is 0.266 e. The van der Waals surface area contributed by atoms with Gasteiger partial charge in [-0.25, -0.2) is 0 Å². The number of nitrogens with zero attached hydrogens (tertiary/aromatic N) is 1. The van der Waals surface area contributed by atoms with Crippen LogP contribution in [0.2, 0.25) is 0 Å². The zero-order valence-electron chi connectivity index (χ0n) is 12.1. The summed E-state index contributed by atoms with van der Waals surface area (Å²) in [5.41, 5.74) is 2.17. The van der Waals surface area contributed by atoms with Gasteiger partial charge in [-0.2, -0.15) is 0 Å². The lowest BCUT2D eigenvalue weighted by Crippen LogP contribution is -2.40. The van der Waals surface area contributed by atoms with Crippen molar-refractivity contribution in [2.24, 2.45) is 0 Å². The normalized spacial score (nSPS) is 23.2. The number of amides is 1. The Morgan fingerprint density at radius 2 is 2.10 bits per heavy atom. The SMILES string of the molecule is Cc1ccc([C@@H](C(=O)N2CCOC2=S)[C@H]2CCCO2)cc1. The average molecular weight is 305 g/mol. The fraction of sp³-hybridized carbons (Fsp3) is 0.500. The van der Waals surface area contributed by atoms with Gasteiger partial charge >= 0.3 is 0 Å². The second-order valence-electron chi connectivity index (χ2n) is 5.54. The van der Waals surface area contributed by atoms with Gasteiger partial charge in [0.1, 0.15) is 6.61 Å². The Kier molecular flexibility index (Phi) is 4.22. The van der Waals surface area contributed by atoms with Crippen molar-refractivity contribution < 1.29 is 14.3 Å². The predicted octanol–water partition coefficient (Wildman–Crippen LogP) is 2.40. The summed E-state index contributed by atoms with van der Waals surface area (Å²) in [7, 11) is 0. The molecule has 2 aliphatic rings. The molecule has 0 bridgehead atoms. The van der Waals surface area contributed by atoms with Crippen molar-refractivity contribution in [3.05, 3.63) is 35.4 Å². The third-order valence-electron chi connectivity index (χ3n) is 4.07. The molecule has 3 rings (SSSR count). The average Bonchev–Trinajstić information content (AvgIpc) is 3.13. The molecule has 1 aromatic carbocycles. The monoisotopic (exact) mass is 305 g/mol. The Bertz CT molecular complexity index is 537. The second-order valence-corrected chi connectivity index (χ2v) is 5.89. The van der Waals surface area contributed by atoms with Gasteiger partial charge in [-0.1, -0.05) is 29.8 Å². The highest BCUT2D eigenvalue weighted by molar-refractivity contribution is 7.80. The molecule has 0 aliphatic carbocycles. The van der Waals surface area contributed by atoms with Crippen molar-refractivity contribution in [2.75, 3.05) is 19.8 Å². The first kappa shape index (κ1) is 14.5. The summed E-state index contributed by atoms with van der Waals surface area (Å²) in [6.45, 7) is 3.78. The van der Waals surface area contributed by atoms with Crippen molar-refractivity contribution in [3.63, 3.8) is 0 Å². The Balaban J connectivity index is 1.89. The second kappa shape index (κ2) is 6.12. The van der Waals surface area contributed by atoms with E-state index in [1.807, 2.05) is 31.2 Å². The molecule has 2 saturated heterocycles. The zero-order valence-corrected chi connectivity index (χ0v) is 12.9. The molecule has 0 spiro atoms. The quantitative estimate of drug-likeness (QED) is 0.804. The van der Waals surface area contributed by atoms with E-state index in [0.29, 0.717) is 13.2 Å². The maximum absolute atomic E-state index is 12.9. The van der Waals surface area contributed by atoms with Crippen molar-refractivity contribution in [1.29, 1.82) is 0 Å². The highest BCUT2D eigenvalue weighted by Gasteiger charge is 2.38. The minimum Gasteiger partial charge on any atom is -0.469 e. The lowest BCUT2D eigenvalue weighted by Gasteiger charge is -2.26. The van der Waals surface area contributed by atoms with Crippen LogP contribution in [-0.4, -0.2) is 41.8 Å². The van der Waals surface area contributed by atoms with Gasteiger partial charge in [0, 0.05) is 6.61 Å². The van der Waals surface area contributed by atoms with E-state index in [4.69, 9.17) is 21.7 Å². The summed E-state index contributed by atoms with van der Waals surface area (Å²) in [5, 5.41) is 0.287. The van der Waals surface area contributed by atoms with E-state index < -0.39 is 0 Å². The first-order valence-electron chi connectivity index (χ1n) is 7.33. The van der Waals surface area contributed by atoms with Gasteiger partial charge in [-0.3, -0.25) is 9.69 Å². The van der Waals surface area contributed by atoms with Crippen LogP contribution in [-0.2, 0) is 14.3 Å². The summed E-state index contributed by atoms with van der Waals surface area (Å²) in [6.07, 6.45) is 1.84. The molecule has 0 N–H and O–H groups in total. The number of carbonyl (C=O) groups excluding carboxylic acids is 1. The number of aryl methyl sites for hydroxylation is 1. The van der Waals surface area contributed by atoms with Gasteiger partial charge in [-0.05, 0) is 37.5 Å². The lowest BCUT2D eigenvalue weighted by molar-refractivity contribution is -0.131. The molecule has 2 atom stereocenters. The molecule has 0 aromatic heterocycles. The molecular formula is C16H19NO3S. The van der Waals surface area contributed by atoms with Crippen LogP contribution in [0.1, 0.15) is 29.9 Å². The predicted molar refractivity (Wildman–Crippen MR) is 83.2 cm³/mol. The van der Waals surface area contributed by atoms with Gasteiger partial charge in [0.25, 0.3) is 5.17 Å². The van der Waals surface area contributed by atoms with E-state index >= 15 is 0 Å². The van der Waals surface area contributed by atoms with Crippen LogP contribution in [0.15, 0.2) is 24.3 Å². The summed E-state index contributed by atoms with van der Waals surface area (Å²) >= 11 is 5.12. The summed E-state index contributed by atoms with van der Waals surface area (Å²) in [6, 6.07) is 8.09. The highest BCUT2D eigenvalue weighted by Crippen LogP contribution is 2.31. The van der Waals surface area contributed by atoms with E-state index in [2.05, 4.69) is 0 Å². The van der Waals surface area contributed by atoms with Crippen molar-refractivity contribution >= 4 is 23.3 Å². The third kappa shape index (κ3) is 2.94. The highest BCUT2D eigenvalue weighted by atomic mass is 32.1. The topological polar surface area (TPSA) is 38.8 Å². The number of ether oxygens (including phenoxy) is 2. The van der Waals surface area contributed by atoms with Gasteiger partial charge in [0.2, 0.25) is 5.91 Å². The number of benzene rings is 1. The molecule has 1 amide bonds. The van der Waals surface area contributed by atoms with E-state index in [0.717, 1.165) is 25.0 Å². The van der Waals surface area contributed by atoms with Crippen LogP contribution in [0.5, 0.6) is 0 Å². The molecule has 0 saturated carbocycles. The molecule has 2 heterocycles. The molecular weight excluding hydrogens is 286 g/mol. The van der Waals surface area contributed by atoms with Gasteiger partial charge in [0.15, 0.2) is 0 Å². The Hall–Kier alpha value is -1.46. The molecule has 0 radical (unpaired) electrons. The van der Waals surface area contributed by atoms with Gasteiger partial charge < -0.3 is 9.47 Å². The van der Waals surface area contributed by atoms with Crippen LogP contribution >= 0.6 is 12.2 Å². The standard InChI is InChI=1S/C16H19NO3S/c1-11-4-6-12(7-5-11)14(13-3-2-9-19-13)15(18)17-8-10-20-16(17)21/h4-7,13-14H,2-3,8-10H2,1H3/t13-,14-/m1/s1. The van der Waals surface area contributed by atoms with E-state index in [-0.39, 0.29) is 23.1 Å². The molecule has 0 unspecified atom stereocenters. The molecule has 1 aromatic rings. The van der Waals surface area contributed by atoms with Crippen LogP contribution < -0.4 is 0 Å². The number of hydrogen-bond donors (Lipinski definition) is 0. The van der Waals surface area contributed by atoms with Crippen molar-refractivity contribution in [2.45, 2.75) is 31.8 Å². The van der Waals surface area contributed by atoms with Gasteiger partial charge in [0.05, 0.1) is 18.6 Å². The fourth-order valence-corrected chi connectivity index (χ4v) is 3.18. The molecule has 5 heteroatoms. The largest absolute Gasteiger partial charge is 0.469 e. The Labute approximate surface area is 130 Å². The minimum atomic E-state index is -0.298. The fourth-order valence-electron chi connectivity index (χ4n) is 2.92. The van der Waals surface area contributed by atoms with Crippen LogP contribution in [0.4, 0.5) is 0 Å². The number of hydrogen-bond acceptors (Lipinski definition) is 4.